The van der Waals surface area contributed by atoms with Gasteiger partial charge in [0.1, 0.15) is 6.04 Å². The van der Waals surface area contributed by atoms with Gasteiger partial charge in [0.05, 0.1) is 0 Å². The van der Waals surface area contributed by atoms with E-state index in [1.807, 2.05) is 0 Å². The van der Waals surface area contributed by atoms with Crippen LogP contribution in [-0.2, 0) is 4.79 Å². The first-order valence-electron chi connectivity index (χ1n) is 1.63. The summed E-state index contributed by atoms with van der Waals surface area (Å²) in [4.78, 5) is 9.57. The highest BCUT2D eigenvalue weighted by atomic mass is 16.4. The maximum absolute atomic E-state index is 9.57. The van der Waals surface area contributed by atoms with E-state index in [4.69, 9.17) is 10.8 Å². The van der Waals surface area contributed by atoms with Gasteiger partial charge in [0, 0.05) is 0 Å². The van der Waals surface area contributed by atoms with E-state index in [2.05, 4.69) is 0 Å². The van der Waals surface area contributed by atoms with E-state index in [1.165, 1.54) is 6.92 Å². The van der Waals surface area contributed by atoms with Gasteiger partial charge in [-0.15, -0.1) is 0 Å². The Hall–Kier alpha value is -0.570. The second kappa shape index (κ2) is 1.77. The second-order valence-electron chi connectivity index (χ2n) is 1.13. The van der Waals surface area contributed by atoms with E-state index in [0.717, 1.165) is 0 Å². The third-order valence-electron chi connectivity index (χ3n) is 0.390. The van der Waals surface area contributed by atoms with Crippen LogP contribution in [0.25, 0.3) is 0 Å². The Balaban J connectivity index is 3.26. The fourth-order valence-corrected chi connectivity index (χ4v) is 0. The van der Waals surface area contributed by atoms with Crippen LogP contribution in [-0.4, -0.2) is 17.1 Å². The van der Waals surface area contributed by atoms with Gasteiger partial charge in [0.2, 0.25) is 0 Å². The second-order valence-corrected chi connectivity index (χ2v) is 1.13. The van der Waals surface area contributed by atoms with Gasteiger partial charge in [-0.2, -0.15) is 0 Å². The van der Waals surface area contributed by atoms with Crippen molar-refractivity contribution in [1.82, 2.24) is 0 Å². The summed E-state index contributed by atoms with van der Waals surface area (Å²) >= 11 is 0. The quantitative estimate of drug-likeness (QED) is 0.450. The Morgan fingerprint density at radius 1 is 2.00 bits per heavy atom. The molecule has 6 heavy (non-hydrogen) atoms. The van der Waals surface area contributed by atoms with Crippen LogP contribution in [0.3, 0.4) is 0 Å². The smallest absolute Gasteiger partial charge is 0.320 e. The van der Waals surface area contributed by atoms with Gasteiger partial charge < -0.3 is 10.8 Å². The lowest BCUT2D eigenvalue weighted by atomic mass is 10.3. The minimum atomic E-state index is -0.963. The van der Waals surface area contributed by atoms with Gasteiger partial charge in [0.15, 0.2) is 0 Å². The van der Waals surface area contributed by atoms with Gasteiger partial charge in [-0.1, -0.05) is 0 Å². The Morgan fingerprint density at radius 2 is 2.17 bits per heavy atom. The molecule has 1 unspecified atom stereocenters. The average Bonchev–Trinajstić information content (AvgIpc) is 1.36. The molecule has 0 saturated heterocycles. The highest BCUT2D eigenvalue weighted by Gasteiger charge is 1.99. The molecule has 0 aliphatic heterocycles. The van der Waals surface area contributed by atoms with Crippen LogP contribution in [0.5, 0.6) is 0 Å². The van der Waals surface area contributed by atoms with Crippen molar-refractivity contribution in [3.05, 3.63) is 0 Å². The van der Waals surface area contributed by atoms with Crippen LogP contribution in [0.2, 0.25) is 0 Å². The summed E-state index contributed by atoms with van der Waals surface area (Å²) < 4.78 is 0. The van der Waals surface area contributed by atoms with Gasteiger partial charge in [0.25, 0.3) is 0 Å². The Kier molecular flexibility index (Phi) is 1.60. The number of aliphatic carboxylic acids is 1. The molecule has 0 spiro atoms. The van der Waals surface area contributed by atoms with Crippen LogP contribution in [0.1, 0.15) is 6.92 Å². The predicted molar refractivity (Wildman–Crippen MR) is 21.3 cm³/mol. The van der Waals surface area contributed by atoms with Crippen LogP contribution in [0, 0.1) is 0 Å². The highest BCUT2D eigenvalue weighted by Crippen LogP contribution is 1.68. The van der Waals surface area contributed by atoms with Crippen LogP contribution >= 0.6 is 0 Å². The standard InChI is InChI=1S/C3H7NO2/c1-2(4)3(5)6/h2H,4H2,1H3,(H,5,6)/i4-1. The van der Waals surface area contributed by atoms with Crippen LogP contribution < -0.4 is 5.73 Å². The van der Waals surface area contributed by atoms with Crippen LogP contribution in [0.15, 0.2) is 0 Å². The summed E-state index contributed by atoms with van der Waals surface area (Å²) in [7, 11) is 0. The van der Waals surface area contributed by atoms with Crippen molar-refractivity contribution in [2.24, 2.45) is 5.73 Å². The van der Waals surface area contributed by atoms with E-state index in [9.17, 15) is 4.79 Å². The number of hydrogen-bond donors (Lipinski definition) is 2. The number of hydrogen-bond acceptors (Lipinski definition) is 2. The number of carboxylic acid groups (broad SMARTS) is 1. The summed E-state index contributed by atoms with van der Waals surface area (Å²) in [5.74, 6) is -0.963. The molecule has 0 radical (unpaired) electrons. The average molecular weight is 88.1 g/mol. The normalized spacial score (nSPS) is 13.7. The molecule has 3 N–H and O–H groups in total. The van der Waals surface area contributed by atoms with Crippen molar-refractivity contribution in [3.8, 4) is 0 Å². The van der Waals surface area contributed by atoms with E-state index in [0.29, 0.717) is 0 Å². The molecule has 0 saturated carbocycles. The third kappa shape index (κ3) is 1.72. The molecule has 0 aliphatic carbocycles. The fraction of sp³-hybridized carbons (Fsp3) is 0.667. The lowest BCUT2D eigenvalue weighted by molar-refractivity contribution is -0.138. The van der Waals surface area contributed by atoms with Crippen molar-refractivity contribution in [2.45, 2.75) is 13.0 Å². The summed E-state index contributed by atoms with van der Waals surface area (Å²) in [5.41, 5.74) is 4.84. The van der Waals surface area contributed by atoms with Crippen molar-refractivity contribution < 1.29 is 9.90 Å². The molecule has 0 aliphatic rings. The van der Waals surface area contributed by atoms with Gasteiger partial charge >= 0.3 is 5.97 Å². The SMILES string of the molecule is CC([13NH2])C(=O)O. The predicted octanol–water partition coefficient (Wildman–Crippen LogP) is -0.582. The topological polar surface area (TPSA) is 63.3 Å². The van der Waals surface area contributed by atoms with Crippen molar-refractivity contribution in [2.75, 3.05) is 0 Å². The third-order valence-corrected chi connectivity index (χ3v) is 0.390. The fourth-order valence-electron chi connectivity index (χ4n) is 0. The van der Waals surface area contributed by atoms with Crippen molar-refractivity contribution in [1.29, 1.82) is 0 Å². The summed E-state index contributed by atoms with van der Waals surface area (Å²) in [6.07, 6.45) is 0. The summed E-state index contributed by atoms with van der Waals surface area (Å²) in [5, 5.41) is 7.87. The molecule has 3 nitrogen and oxygen atoms in total. The minimum Gasteiger partial charge on any atom is -0.480 e. The van der Waals surface area contributed by atoms with Gasteiger partial charge in [-0.25, -0.2) is 0 Å². The van der Waals surface area contributed by atoms with Crippen LogP contribution in [0.4, 0.5) is 0 Å². The molecule has 0 amide bonds. The highest BCUT2D eigenvalue weighted by molar-refractivity contribution is 5.72. The monoisotopic (exact) mass is 88.1 g/mol. The molecule has 0 aromatic carbocycles. The molecule has 0 rings (SSSR count). The minimum absolute atomic E-state index is 0.731. The molecule has 36 valence electrons. The largest absolute Gasteiger partial charge is 0.480 e. The first-order valence-corrected chi connectivity index (χ1v) is 1.63. The first kappa shape index (κ1) is 5.43. The number of nitrogens with two attached hydrogens (primary N) is 1. The zero-order valence-corrected chi connectivity index (χ0v) is 3.51. The van der Waals surface area contributed by atoms with Gasteiger partial charge in [-0.05, 0) is 6.92 Å². The molecule has 0 heterocycles. The Bertz CT molecular complexity index is 59.8. The van der Waals surface area contributed by atoms with E-state index >= 15 is 0 Å². The Labute approximate surface area is 35.8 Å². The molecular formula is C3H7NO2. The van der Waals surface area contributed by atoms with Crippen molar-refractivity contribution >= 4 is 5.97 Å². The van der Waals surface area contributed by atoms with E-state index in [1.54, 1.807) is 0 Å². The van der Waals surface area contributed by atoms with E-state index < -0.39 is 12.0 Å². The molecular weight excluding hydrogens is 81.0 g/mol. The number of carbonyl (C=O) groups is 1. The molecule has 0 aromatic heterocycles. The van der Waals surface area contributed by atoms with E-state index in [-0.39, 0.29) is 0 Å². The maximum atomic E-state index is 9.57. The molecule has 1 atom stereocenters. The summed E-state index contributed by atoms with van der Waals surface area (Å²) in [6.45, 7) is 1.42. The maximum Gasteiger partial charge on any atom is 0.320 e. The molecule has 0 fully saturated rings. The van der Waals surface area contributed by atoms with Gasteiger partial charge in [-0.3, -0.25) is 4.79 Å². The molecule has 3 heteroatoms. The Morgan fingerprint density at radius 3 is 2.17 bits per heavy atom. The number of carboxylic acids is 1. The summed E-state index contributed by atoms with van der Waals surface area (Å²) in [6, 6.07) is -0.731. The zero-order valence-electron chi connectivity index (χ0n) is 3.51. The lowest BCUT2D eigenvalue weighted by Crippen LogP contribution is -2.25. The lowest BCUT2D eigenvalue weighted by Gasteiger charge is -1.90. The zero-order chi connectivity index (χ0) is 5.15. The number of rotatable bonds is 1. The first-order chi connectivity index (χ1) is 2.64. The molecule has 0 aromatic rings. The van der Waals surface area contributed by atoms with Crippen molar-refractivity contribution in [3.63, 3.8) is 0 Å². The molecule has 0 bridgehead atoms.